The lowest BCUT2D eigenvalue weighted by Crippen LogP contribution is -2.27. The van der Waals surface area contributed by atoms with Gasteiger partial charge in [-0.15, -0.1) is 11.3 Å². The summed E-state index contributed by atoms with van der Waals surface area (Å²) in [6, 6.07) is 5.72. The van der Waals surface area contributed by atoms with Crippen molar-refractivity contribution in [2.45, 2.75) is 26.3 Å². The first-order valence-corrected chi connectivity index (χ1v) is 7.12. The number of hydrogen-bond acceptors (Lipinski definition) is 4. The summed E-state index contributed by atoms with van der Waals surface area (Å²) in [5, 5.41) is 6.68. The standard InChI is InChI=1S/C12H13BrN2O2S/c1-7-5-9(15-17-7)6-14-12(16)8(2)10-3-4-11(13)18-10/h3-5,8H,6H2,1-2H3,(H,14,16)/t8-/m1/s1. The van der Waals surface area contributed by atoms with Crippen molar-refractivity contribution in [2.75, 3.05) is 0 Å². The molecule has 0 aromatic carbocycles. The molecule has 0 aliphatic carbocycles. The van der Waals surface area contributed by atoms with Gasteiger partial charge < -0.3 is 9.84 Å². The van der Waals surface area contributed by atoms with Crippen LogP contribution in [0.3, 0.4) is 0 Å². The van der Waals surface area contributed by atoms with Gasteiger partial charge in [-0.25, -0.2) is 0 Å². The van der Waals surface area contributed by atoms with Gasteiger partial charge in [-0.3, -0.25) is 4.79 Å². The van der Waals surface area contributed by atoms with Gasteiger partial charge in [-0.2, -0.15) is 0 Å². The summed E-state index contributed by atoms with van der Waals surface area (Å²) in [5.41, 5.74) is 0.736. The molecule has 0 saturated heterocycles. The van der Waals surface area contributed by atoms with Crippen molar-refractivity contribution >= 4 is 33.2 Å². The molecule has 0 aliphatic rings. The highest BCUT2D eigenvalue weighted by atomic mass is 79.9. The van der Waals surface area contributed by atoms with E-state index in [1.165, 1.54) is 0 Å². The molecule has 0 fully saturated rings. The molecule has 0 spiro atoms. The van der Waals surface area contributed by atoms with Gasteiger partial charge in [-0.05, 0) is 41.9 Å². The number of halogens is 1. The Kier molecular flexibility index (Phi) is 4.19. The topological polar surface area (TPSA) is 55.1 Å². The fourth-order valence-corrected chi connectivity index (χ4v) is 3.00. The van der Waals surface area contributed by atoms with E-state index in [4.69, 9.17) is 4.52 Å². The van der Waals surface area contributed by atoms with Crippen LogP contribution in [-0.2, 0) is 11.3 Å². The maximum atomic E-state index is 12.0. The molecule has 0 saturated carbocycles. The highest BCUT2D eigenvalue weighted by Gasteiger charge is 2.17. The number of hydrogen-bond donors (Lipinski definition) is 1. The van der Waals surface area contributed by atoms with Crippen LogP contribution < -0.4 is 5.32 Å². The number of thiophene rings is 1. The number of carbonyl (C=O) groups excluding carboxylic acids is 1. The minimum atomic E-state index is -0.158. The van der Waals surface area contributed by atoms with Crippen LogP contribution in [0.25, 0.3) is 0 Å². The predicted octanol–water partition coefficient (Wildman–Crippen LogP) is 3.23. The second-order valence-electron chi connectivity index (χ2n) is 4.01. The Morgan fingerprint density at radius 3 is 2.94 bits per heavy atom. The van der Waals surface area contributed by atoms with Gasteiger partial charge in [0.15, 0.2) is 0 Å². The molecule has 2 aromatic heterocycles. The molecule has 6 heteroatoms. The van der Waals surface area contributed by atoms with Crippen LogP contribution in [0.4, 0.5) is 0 Å². The maximum Gasteiger partial charge on any atom is 0.228 e. The summed E-state index contributed by atoms with van der Waals surface area (Å²) in [4.78, 5) is 13.0. The Labute approximate surface area is 117 Å². The second kappa shape index (κ2) is 5.67. The van der Waals surface area contributed by atoms with Crippen molar-refractivity contribution < 1.29 is 9.32 Å². The molecular formula is C12H13BrN2O2S. The van der Waals surface area contributed by atoms with Crippen LogP contribution in [0.1, 0.15) is 29.2 Å². The molecule has 2 heterocycles. The number of nitrogens with one attached hydrogen (secondary N) is 1. The Bertz CT molecular complexity index is 550. The first-order chi connectivity index (χ1) is 8.56. The third-order valence-corrected chi connectivity index (χ3v) is 4.34. The number of aromatic nitrogens is 1. The zero-order valence-electron chi connectivity index (χ0n) is 10.1. The molecule has 18 heavy (non-hydrogen) atoms. The van der Waals surface area contributed by atoms with E-state index in [-0.39, 0.29) is 11.8 Å². The largest absolute Gasteiger partial charge is 0.361 e. The molecule has 1 N–H and O–H groups in total. The highest BCUT2D eigenvalue weighted by Crippen LogP contribution is 2.28. The van der Waals surface area contributed by atoms with E-state index in [2.05, 4.69) is 26.4 Å². The number of aryl methyl sites for hydroxylation is 1. The summed E-state index contributed by atoms with van der Waals surface area (Å²) in [6.45, 7) is 4.11. The van der Waals surface area contributed by atoms with Crippen molar-refractivity contribution in [2.24, 2.45) is 0 Å². The van der Waals surface area contributed by atoms with Crippen LogP contribution in [-0.4, -0.2) is 11.1 Å². The van der Waals surface area contributed by atoms with Gasteiger partial charge in [-0.1, -0.05) is 5.16 Å². The summed E-state index contributed by atoms with van der Waals surface area (Å²) < 4.78 is 5.97. The van der Waals surface area contributed by atoms with Crippen molar-refractivity contribution in [3.63, 3.8) is 0 Å². The minimum absolute atomic E-state index is 0.00926. The molecule has 1 amide bonds. The lowest BCUT2D eigenvalue weighted by atomic mass is 10.1. The van der Waals surface area contributed by atoms with E-state index in [1.807, 2.05) is 32.0 Å². The lowest BCUT2D eigenvalue weighted by molar-refractivity contribution is -0.122. The van der Waals surface area contributed by atoms with Crippen molar-refractivity contribution in [1.29, 1.82) is 0 Å². The van der Waals surface area contributed by atoms with Crippen molar-refractivity contribution in [3.8, 4) is 0 Å². The Morgan fingerprint density at radius 1 is 1.61 bits per heavy atom. The first-order valence-electron chi connectivity index (χ1n) is 5.51. The smallest absolute Gasteiger partial charge is 0.228 e. The SMILES string of the molecule is Cc1cc(CNC(=O)[C@H](C)c2ccc(Br)s2)no1. The Hall–Kier alpha value is -1.14. The normalized spacial score (nSPS) is 12.4. The summed E-state index contributed by atoms with van der Waals surface area (Å²) in [5.74, 6) is 0.578. The van der Waals surface area contributed by atoms with Gasteiger partial charge >= 0.3 is 0 Å². The van der Waals surface area contributed by atoms with Gasteiger partial charge in [0.05, 0.1) is 16.2 Å². The van der Waals surface area contributed by atoms with Crippen LogP contribution in [0, 0.1) is 6.92 Å². The molecule has 2 aromatic rings. The monoisotopic (exact) mass is 328 g/mol. The average molecular weight is 329 g/mol. The Morgan fingerprint density at radius 2 is 2.39 bits per heavy atom. The quantitative estimate of drug-likeness (QED) is 0.937. The van der Waals surface area contributed by atoms with Crippen LogP contribution in [0.2, 0.25) is 0 Å². The van der Waals surface area contributed by atoms with Crippen LogP contribution >= 0.6 is 27.3 Å². The van der Waals surface area contributed by atoms with E-state index in [9.17, 15) is 4.79 Å². The van der Waals surface area contributed by atoms with Gasteiger partial charge in [0.1, 0.15) is 11.5 Å². The fraction of sp³-hybridized carbons (Fsp3) is 0.333. The number of nitrogens with zero attached hydrogens (tertiary/aromatic N) is 1. The molecule has 0 radical (unpaired) electrons. The second-order valence-corrected chi connectivity index (χ2v) is 6.50. The summed E-state index contributed by atoms with van der Waals surface area (Å²) >= 11 is 4.96. The number of amides is 1. The van der Waals surface area contributed by atoms with E-state index < -0.39 is 0 Å². The zero-order chi connectivity index (χ0) is 13.1. The third-order valence-electron chi connectivity index (χ3n) is 2.53. The third kappa shape index (κ3) is 3.20. The van der Waals surface area contributed by atoms with Crippen molar-refractivity contribution in [1.82, 2.24) is 10.5 Å². The van der Waals surface area contributed by atoms with E-state index in [0.29, 0.717) is 6.54 Å². The van der Waals surface area contributed by atoms with Crippen molar-refractivity contribution in [3.05, 3.63) is 38.3 Å². The summed E-state index contributed by atoms with van der Waals surface area (Å²) in [6.07, 6.45) is 0. The highest BCUT2D eigenvalue weighted by molar-refractivity contribution is 9.11. The number of carbonyl (C=O) groups is 1. The van der Waals surface area contributed by atoms with Gasteiger partial charge in [0.25, 0.3) is 0 Å². The molecule has 0 unspecified atom stereocenters. The fourth-order valence-electron chi connectivity index (χ4n) is 1.52. The first kappa shape index (κ1) is 13.3. The maximum absolute atomic E-state index is 12.0. The molecule has 0 aliphatic heterocycles. The zero-order valence-corrected chi connectivity index (χ0v) is 12.5. The van der Waals surface area contributed by atoms with E-state index in [0.717, 1.165) is 20.1 Å². The van der Waals surface area contributed by atoms with Gasteiger partial charge in [0.2, 0.25) is 5.91 Å². The minimum Gasteiger partial charge on any atom is -0.361 e. The molecular weight excluding hydrogens is 316 g/mol. The van der Waals surface area contributed by atoms with Crippen LogP contribution in [0.15, 0.2) is 26.5 Å². The molecule has 1 atom stereocenters. The predicted molar refractivity (Wildman–Crippen MR) is 73.5 cm³/mol. The molecule has 4 nitrogen and oxygen atoms in total. The average Bonchev–Trinajstić information content (AvgIpc) is 2.94. The molecule has 2 rings (SSSR count). The van der Waals surface area contributed by atoms with E-state index in [1.54, 1.807) is 11.3 Å². The lowest BCUT2D eigenvalue weighted by Gasteiger charge is -2.09. The van der Waals surface area contributed by atoms with E-state index >= 15 is 0 Å². The number of rotatable bonds is 4. The van der Waals surface area contributed by atoms with Crippen LogP contribution in [0.5, 0.6) is 0 Å². The van der Waals surface area contributed by atoms with Gasteiger partial charge in [0, 0.05) is 10.9 Å². The molecule has 96 valence electrons. The summed E-state index contributed by atoms with van der Waals surface area (Å²) in [7, 11) is 0. The Balaban J connectivity index is 1.92. The molecule has 0 bridgehead atoms.